The molecular formula is C4H6F8-6. The van der Waals surface area contributed by atoms with Gasteiger partial charge in [-0.1, -0.05) is 0 Å². The summed E-state index contributed by atoms with van der Waals surface area (Å²) in [5.41, 5.74) is 0. The molecule has 0 amide bonds. The van der Waals surface area contributed by atoms with E-state index in [1.807, 2.05) is 0 Å². The molecule has 0 saturated heterocycles. The molecule has 0 aromatic carbocycles. The molecule has 84 valence electrons. The highest BCUT2D eigenvalue weighted by Gasteiger charge is 1.65. The molecule has 0 unspecified atom stereocenters. The lowest BCUT2D eigenvalue weighted by Crippen LogP contribution is -3.00. The molecule has 0 fully saturated rings. The van der Waals surface area contributed by atoms with E-state index >= 15 is 0 Å². The van der Waals surface area contributed by atoms with E-state index in [0.29, 0.717) is 0 Å². The summed E-state index contributed by atoms with van der Waals surface area (Å²) in [5.74, 6) is 0. The van der Waals surface area contributed by atoms with Crippen LogP contribution in [0, 0.1) is 0 Å². The predicted molar refractivity (Wildman–Crippen MR) is 22.6 cm³/mol. The zero-order valence-electron chi connectivity index (χ0n) is 5.65. The van der Waals surface area contributed by atoms with Gasteiger partial charge < -0.3 is 28.2 Å². The van der Waals surface area contributed by atoms with Gasteiger partial charge in [-0.3, -0.25) is 0 Å². The van der Waals surface area contributed by atoms with Gasteiger partial charge in [0.2, 0.25) is 0 Å². The van der Waals surface area contributed by atoms with Gasteiger partial charge in [-0.05, 0) is 6.58 Å². The van der Waals surface area contributed by atoms with E-state index in [1.54, 1.807) is 0 Å². The fourth-order valence-electron chi connectivity index (χ4n) is 0. The molecule has 0 bridgehead atoms. The summed E-state index contributed by atoms with van der Waals surface area (Å²) >= 11 is 0. The minimum absolute atomic E-state index is 0. The molecule has 0 heterocycles. The summed E-state index contributed by atoms with van der Waals surface area (Å²) in [5, 5.41) is 0. The van der Waals surface area contributed by atoms with Gasteiger partial charge in [-0.15, -0.1) is 13.2 Å². The van der Waals surface area contributed by atoms with Crippen LogP contribution < -0.4 is 28.2 Å². The smallest absolute Gasteiger partial charge is 0.263 e. The van der Waals surface area contributed by atoms with Crippen LogP contribution >= 0.6 is 0 Å². The number of hydrogen-bond donors (Lipinski definition) is 0. The monoisotopic (exact) mass is 206 g/mol. The topological polar surface area (TPSA) is 0 Å². The molecule has 0 atom stereocenters. The highest BCUT2D eigenvalue weighted by molar-refractivity contribution is 4.57. The first-order valence-corrected chi connectivity index (χ1v) is 1.23. The largest absolute Gasteiger partial charge is 1.00 e. The van der Waals surface area contributed by atoms with E-state index in [4.69, 9.17) is 0 Å². The molecule has 8 heteroatoms. The Morgan fingerprint density at radius 3 is 0.667 bits per heavy atom. The fraction of sp³-hybridized carbons (Fsp3) is 0. The summed E-state index contributed by atoms with van der Waals surface area (Å²) in [4.78, 5) is 0. The highest BCUT2D eigenvalue weighted by Crippen LogP contribution is 1.85. The second-order valence-electron chi connectivity index (χ2n) is 0.339. The Morgan fingerprint density at radius 2 is 0.667 bits per heavy atom. The predicted octanol–water partition coefficient (Wildman–Crippen LogP) is -15.8. The highest BCUT2D eigenvalue weighted by atomic mass is 19.3. The molecule has 0 radical (unpaired) electrons. The first kappa shape index (κ1) is 126. The Morgan fingerprint density at radius 1 is 0.667 bits per heavy atom. The molecular weight excluding hydrogens is 200 g/mol. The molecule has 0 N–H and O–H groups in total. The Balaban J connectivity index is -0.00000000317. The van der Waals surface area contributed by atoms with Crippen molar-refractivity contribution in [1.29, 1.82) is 0 Å². The molecule has 0 aromatic rings. The van der Waals surface area contributed by atoms with Gasteiger partial charge in [-0.2, -0.15) is 8.78 Å². The standard InChI is InChI=1S/C2H2F2.C2H4.6FH/c1-2(3)4;1-2;;;;;;/h1H2;1-2H2;6*1H/p-6. The number of rotatable bonds is 0. The van der Waals surface area contributed by atoms with Crippen LogP contribution in [0.15, 0.2) is 25.8 Å². The second-order valence-corrected chi connectivity index (χ2v) is 0.339. The fourth-order valence-corrected chi connectivity index (χ4v) is 0. The SMILES string of the molecule is C=C.C=C(F)F.[F-].[F-].[F-].[F-].[F-].[F-]. The molecule has 0 aliphatic carbocycles. The van der Waals surface area contributed by atoms with Crippen molar-refractivity contribution in [3.8, 4) is 0 Å². The molecule has 0 spiro atoms. The number of halogens is 8. The van der Waals surface area contributed by atoms with Crippen LogP contribution in [0.2, 0.25) is 0 Å². The first-order chi connectivity index (χ1) is 2.73. The van der Waals surface area contributed by atoms with Crippen LogP contribution in [-0.2, 0) is 0 Å². The molecule has 0 aliphatic rings. The van der Waals surface area contributed by atoms with Crippen molar-refractivity contribution in [2.24, 2.45) is 0 Å². The summed E-state index contributed by atoms with van der Waals surface area (Å²) in [6.45, 7) is 8.22. The third kappa shape index (κ3) is 480. The third-order valence-corrected chi connectivity index (χ3v) is 0. The molecule has 0 aromatic heterocycles. The minimum atomic E-state index is -1.83. The van der Waals surface area contributed by atoms with Crippen LogP contribution in [0.25, 0.3) is 0 Å². The van der Waals surface area contributed by atoms with Crippen molar-refractivity contribution in [3.63, 3.8) is 0 Å². The Hall–Kier alpha value is -1.08. The first-order valence-electron chi connectivity index (χ1n) is 1.23. The van der Waals surface area contributed by atoms with E-state index in [1.165, 1.54) is 0 Å². The Kier molecular flexibility index (Phi) is 2250. The Labute approximate surface area is 64.2 Å². The third-order valence-electron chi connectivity index (χ3n) is 0. The lowest BCUT2D eigenvalue weighted by Gasteiger charge is -1.54. The summed E-state index contributed by atoms with van der Waals surface area (Å²) < 4.78 is 20.3. The van der Waals surface area contributed by atoms with Crippen molar-refractivity contribution in [3.05, 3.63) is 25.8 Å². The van der Waals surface area contributed by atoms with Crippen LogP contribution in [0.3, 0.4) is 0 Å². The normalized spacial score (nSPS) is 2.50. The van der Waals surface area contributed by atoms with Crippen molar-refractivity contribution < 1.29 is 37.0 Å². The van der Waals surface area contributed by atoms with Gasteiger partial charge in [0.05, 0.1) is 0 Å². The summed E-state index contributed by atoms with van der Waals surface area (Å²) in [7, 11) is 0. The van der Waals surface area contributed by atoms with E-state index in [0.717, 1.165) is 0 Å². The molecule has 0 saturated carbocycles. The van der Waals surface area contributed by atoms with Crippen molar-refractivity contribution >= 4 is 0 Å². The van der Waals surface area contributed by atoms with Gasteiger partial charge in [-0.25, -0.2) is 0 Å². The van der Waals surface area contributed by atoms with E-state index in [2.05, 4.69) is 19.7 Å². The van der Waals surface area contributed by atoms with E-state index < -0.39 is 6.08 Å². The zero-order valence-corrected chi connectivity index (χ0v) is 5.65. The second kappa shape index (κ2) is 214. The van der Waals surface area contributed by atoms with Gasteiger partial charge in [0, 0.05) is 0 Å². The van der Waals surface area contributed by atoms with Crippen molar-refractivity contribution in [1.82, 2.24) is 0 Å². The van der Waals surface area contributed by atoms with E-state index in [9.17, 15) is 8.78 Å². The van der Waals surface area contributed by atoms with E-state index in [-0.39, 0.29) is 28.2 Å². The molecule has 0 aliphatic heterocycles. The van der Waals surface area contributed by atoms with Crippen LogP contribution in [0.1, 0.15) is 0 Å². The van der Waals surface area contributed by atoms with Gasteiger partial charge >= 0.3 is 0 Å². The maximum atomic E-state index is 10.1. The van der Waals surface area contributed by atoms with Crippen LogP contribution in [0.5, 0.6) is 0 Å². The summed E-state index contributed by atoms with van der Waals surface area (Å²) in [6.07, 6.45) is -1.83. The lowest BCUT2D eigenvalue weighted by atomic mass is 11.2. The zero-order chi connectivity index (χ0) is 5.58. The van der Waals surface area contributed by atoms with Crippen molar-refractivity contribution in [2.45, 2.75) is 0 Å². The molecule has 0 nitrogen and oxygen atoms in total. The van der Waals surface area contributed by atoms with Crippen LogP contribution in [0.4, 0.5) is 8.78 Å². The maximum Gasteiger partial charge on any atom is 0.263 e. The van der Waals surface area contributed by atoms with Crippen molar-refractivity contribution in [2.75, 3.05) is 0 Å². The minimum Gasteiger partial charge on any atom is -1.00 e. The van der Waals surface area contributed by atoms with Gasteiger partial charge in [0.15, 0.2) is 0 Å². The molecule has 0 rings (SSSR count). The molecule has 12 heavy (non-hydrogen) atoms. The maximum absolute atomic E-state index is 10.1. The number of hydrogen-bond acceptors (Lipinski definition) is 0. The quantitative estimate of drug-likeness (QED) is 0.273. The summed E-state index contributed by atoms with van der Waals surface area (Å²) in [6, 6.07) is 0. The Bertz CT molecular complexity index is 42.3. The van der Waals surface area contributed by atoms with Crippen LogP contribution in [-0.4, -0.2) is 0 Å². The lowest BCUT2D eigenvalue weighted by molar-refractivity contribution is -0.00100. The van der Waals surface area contributed by atoms with Gasteiger partial charge in [0.25, 0.3) is 6.08 Å². The average molecular weight is 206 g/mol. The average Bonchev–Trinajstić information content (AvgIpc) is 1.41. The van der Waals surface area contributed by atoms with Gasteiger partial charge in [0.1, 0.15) is 0 Å².